The highest BCUT2D eigenvalue weighted by Crippen LogP contribution is 1.96. The largest absolute Gasteiger partial charge is 0.247 e. The zero-order chi connectivity index (χ0) is 7.49. The molecule has 0 bridgehead atoms. The molecule has 2 N–H and O–H groups in total. The second-order valence-electron chi connectivity index (χ2n) is 1.31. The van der Waals surface area contributed by atoms with E-state index in [-0.39, 0.29) is 0 Å². The number of nitriles is 1. The lowest BCUT2D eigenvalue weighted by Gasteiger charge is -1.88. The molecule has 0 aliphatic carbocycles. The SMILES string of the molecule is CC=C(C#N)S(N)(=O)=O. The van der Waals surface area contributed by atoms with E-state index in [2.05, 4.69) is 5.14 Å². The number of hydrogen-bond donors (Lipinski definition) is 1. The predicted octanol–water partition coefficient (Wildman–Crippen LogP) is -0.298. The van der Waals surface area contributed by atoms with Gasteiger partial charge in [0.15, 0.2) is 4.91 Å². The van der Waals surface area contributed by atoms with Crippen molar-refractivity contribution in [2.24, 2.45) is 5.14 Å². The third-order valence-corrected chi connectivity index (χ3v) is 1.62. The van der Waals surface area contributed by atoms with Crippen molar-refractivity contribution in [2.75, 3.05) is 0 Å². The maximum absolute atomic E-state index is 10.3. The lowest BCUT2D eigenvalue weighted by molar-refractivity contribution is 0.604. The molecule has 0 saturated heterocycles. The van der Waals surface area contributed by atoms with Gasteiger partial charge in [-0.15, -0.1) is 0 Å². The summed E-state index contributed by atoms with van der Waals surface area (Å²) < 4.78 is 20.6. The van der Waals surface area contributed by atoms with E-state index in [0.717, 1.165) is 6.08 Å². The maximum Gasteiger partial charge on any atom is 0.247 e. The van der Waals surface area contributed by atoms with E-state index in [9.17, 15) is 8.42 Å². The summed E-state index contributed by atoms with van der Waals surface area (Å²) in [5.74, 6) is 0. The van der Waals surface area contributed by atoms with Crippen LogP contribution >= 0.6 is 0 Å². The molecular weight excluding hydrogens is 140 g/mol. The van der Waals surface area contributed by atoms with Crippen LogP contribution in [0, 0.1) is 11.3 Å². The molecule has 0 aromatic rings. The van der Waals surface area contributed by atoms with Crippen molar-refractivity contribution in [3.8, 4) is 6.07 Å². The Kier molecular flexibility index (Phi) is 2.37. The number of rotatable bonds is 1. The van der Waals surface area contributed by atoms with Gasteiger partial charge in [-0.25, -0.2) is 13.6 Å². The van der Waals surface area contributed by atoms with Crippen molar-refractivity contribution < 1.29 is 8.42 Å². The average Bonchev–Trinajstić information content (AvgIpc) is 1.65. The smallest absolute Gasteiger partial charge is 0.224 e. The first-order chi connectivity index (χ1) is 4.02. The molecule has 0 fully saturated rings. The maximum atomic E-state index is 10.3. The van der Waals surface area contributed by atoms with Gasteiger partial charge < -0.3 is 0 Å². The lowest BCUT2D eigenvalue weighted by atomic mass is 10.6. The monoisotopic (exact) mass is 146 g/mol. The second-order valence-corrected chi connectivity index (χ2v) is 2.84. The minimum atomic E-state index is -3.77. The van der Waals surface area contributed by atoms with Gasteiger partial charge in [0.2, 0.25) is 10.0 Å². The van der Waals surface area contributed by atoms with Crippen molar-refractivity contribution in [3.05, 3.63) is 11.0 Å². The molecule has 5 heteroatoms. The number of allylic oxidation sites excluding steroid dienone is 2. The quantitative estimate of drug-likeness (QED) is 0.515. The third kappa shape index (κ3) is 2.26. The van der Waals surface area contributed by atoms with Crippen molar-refractivity contribution in [1.82, 2.24) is 0 Å². The lowest BCUT2D eigenvalue weighted by Crippen LogP contribution is -2.13. The van der Waals surface area contributed by atoms with Gasteiger partial charge in [-0.1, -0.05) is 6.08 Å². The summed E-state index contributed by atoms with van der Waals surface area (Å²) >= 11 is 0. The summed E-state index contributed by atoms with van der Waals surface area (Å²) in [5, 5.41) is 12.7. The van der Waals surface area contributed by atoms with Gasteiger partial charge in [0.25, 0.3) is 0 Å². The number of hydrogen-bond acceptors (Lipinski definition) is 3. The molecule has 0 aromatic carbocycles. The number of sulfonamides is 1. The summed E-state index contributed by atoms with van der Waals surface area (Å²) in [6.45, 7) is 1.43. The zero-order valence-corrected chi connectivity index (χ0v) is 5.64. The van der Waals surface area contributed by atoms with Gasteiger partial charge in [-0.2, -0.15) is 5.26 Å². The van der Waals surface area contributed by atoms with Crippen molar-refractivity contribution in [1.29, 1.82) is 5.26 Å². The Balaban J connectivity index is 4.85. The molecule has 0 amide bonds. The molecule has 4 nitrogen and oxygen atoms in total. The highest BCUT2D eigenvalue weighted by atomic mass is 32.2. The van der Waals surface area contributed by atoms with Crippen LogP contribution in [0.25, 0.3) is 0 Å². The molecule has 0 rings (SSSR count). The first-order valence-electron chi connectivity index (χ1n) is 2.11. The minimum Gasteiger partial charge on any atom is -0.224 e. The molecule has 0 aliphatic rings. The van der Waals surface area contributed by atoms with Crippen LogP contribution in [-0.4, -0.2) is 8.42 Å². The molecule has 0 heterocycles. The van der Waals surface area contributed by atoms with Crippen LogP contribution in [0.15, 0.2) is 11.0 Å². The summed E-state index contributed by atoms with van der Waals surface area (Å²) in [7, 11) is -3.77. The van der Waals surface area contributed by atoms with Crippen LogP contribution in [0.5, 0.6) is 0 Å². The van der Waals surface area contributed by atoms with E-state index in [0.29, 0.717) is 0 Å². The Bertz CT molecular complexity index is 257. The Morgan fingerprint density at radius 2 is 2.22 bits per heavy atom. The first kappa shape index (κ1) is 8.14. The number of nitrogens with zero attached hydrogens (tertiary/aromatic N) is 1. The van der Waals surface area contributed by atoms with Gasteiger partial charge >= 0.3 is 0 Å². The first-order valence-corrected chi connectivity index (χ1v) is 3.66. The van der Waals surface area contributed by atoms with Gasteiger partial charge in [-0.3, -0.25) is 0 Å². The summed E-state index contributed by atoms with van der Waals surface area (Å²) in [4.78, 5) is -0.400. The van der Waals surface area contributed by atoms with E-state index in [1.807, 2.05) is 0 Å². The van der Waals surface area contributed by atoms with Gasteiger partial charge in [-0.05, 0) is 6.92 Å². The molecule has 0 unspecified atom stereocenters. The fraction of sp³-hybridized carbons (Fsp3) is 0.250. The highest BCUT2D eigenvalue weighted by molar-refractivity contribution is 7.93. The van der Waals surface area contributed by atoms with Crippen molar-refractivity contribution in [3.63, 3.8) is 0 Å². The average molecular weight is 146 g/mol. The van der Waals surface area contributed by atoms with E-state index in [1.165, 1.54) is 13.0 Å². The van der Waals surface area contributed by atoms with E-state index in [1.54, 1.807) is 0 Å². The number of primary sulfonamides is 1. The Morgan fingerprint density at radius 1 is 1.78 bits per heavy atom. The normalized spacial score (nSPS) is 12.8. The second kappa shape index (κ2) is 2.62. The van der Waals surface area contributed by atoms with E-state index < -0.39 is 14.9 Å². The third-order valence-electron chi connectivity index (χ3n) is 0.679. The van der Waals surface area contributed by atoms with Crippen molar-refractivity contribution in [2.45, 2.75) is 6.92 Å². The molecular formula is C4H6N2O2S. The molecule has 9 heavy (non-hydrogen) atoms. The van der Waals surface area contributed by atoms with Crippen molar-refractivity contribution >= 4 is 10.0 Å². The fourth-order valence-electron chi connectivity index (χ4n) is 0.292. The molecule has 0 spiro atoms. The highest BCUT2D eigenvalue weighted by Gasteiger charge is 2.07. The predicted molar refractivity (Wildman–Crippen MR) is 32.5 cm³/mol. The van der Waals surface area contributed by atoms with Crippen LogP contribution in [-0.2, 0) is 10.0 Å². The standard InChI is InChI=1S/C4H6N2O2S/c1-2-4(3-5)9(6,7)8/h2H,1H3,(H2,6,7,8). The Morgan fingerprint density at radius 3 is 2.22 bits per heavy atom. The van der Waals surface area contributed by atoms with Crippen LogP contribution < -0.4 is 5.14 Å². The molecule has 0 atom stereocenters. The number of nitrogens with two attached hydrogens (primary N) is 1. The summed E-state index contributed by atoms with van der Waals surface area (Å²) in [5.41, 5.74) is 0. The van der Waals surface area contributed by atoms with Crippen LogP contribution in [0.4, 0.5) is 0 Å². The van der Waals surface area contributed by atoms with Crippen LogP contribution in [0.2, 0.25) is 0 Å². The zero-order valence-electron chi connectivity index (χ0n) is 4.83. The molecule has 0 aromatic heterocycles. The molecule has 0 radical (unpaired) electrons. The Hall–Kier alpha value is -0.860. The Labute approximate surface area is 53.6 Å². The van der Waals surface area contributed by atoms with E-state index in [4.69, 9.17) is 5.26 Å². The van der Waals surface area contributed by atoms with Crippen LogP contribution in [0.3, 0.4) is 0 Å². The van der Waals surface area contributed by atoms with E-state index >= 15 is 0 Å². The van der Waals surface area contributed by atoms with Gasteiger partial charge in [0.1, 0.15) is 6.07 Å². The van der Waals surface area contributed by atoms with Crippen LogP contribution in [0.1, 0.15) is 6.92 Å². The molecule has 0 aliphatic heterocycles. The summed E-state index contributed by atoms with van der Waals surface area (Å²) in [6, 6.07) is 1.44. The summed E-state index contributed by atoms with van der Waals surface area (Å²) in [6.07, 6.45) is 1.15. The minimum absolute atomic E-state index is 0.400. The topological polar surface area (TPSA) is 83.9 Å². The molecule has 0 saturated carbocycles. The van der Waals surface area contributed by atoms with Gasteiger partial charge in [0, 0.05) is 0 Å². The fourth-order valence-corrected chi connectivity index (χ4v) is 0.748. The van der Waals surface area contributed by atoms with Gasteiger partial charge in [0.05, 0.1) is 0 Å². The molecule has 50 valence electrons.